The highest BCUT2D eigenvalue weighted by Gasteiger charge is 2.09. The summed E-state index contributed by atoms with van der Waals surface area (Å²) in [7, 11) is 0. The Bertz CT molecular complexity index is 848. The summed E-state index contributed by atoms with van der Waals surface area (Å²) in [6, 6.07) is 16.5. The third-order valence-corrected chi connectivity index (χ3v) is 3.50. The van der Waals surface area contributed by atoms with E-state index >= 15 is 0 Å². The first-order valence-corrected chi connectivity index (χ1v) is 7.29. The molecule has 2 aromatic carbocycles. The lowest BCUT2D eigenvalue weighted by Crippen LogP contribution is -2.35. The minimum absolute atomic E-state index is 0.170. The summed E-state index contributed by atoms with van der Waals surface area (Å²) in [5.41, 5.74) is 1.18. The summed E-state index contributed by atoms with van der Waals surface area (Å²) in [5.74, 6) is 6.12. The highest BCUT2D eigenvalue weighted by molar-refractivity contribution is 6.30. The van der Waals surface area contributed by atoms with Gasteiger partial charge in [0.15, 0.2) is 0 Å². The summed E-state index contributed by atoms with van der Waals surface area (Å²) >= 11 is 5.84. The van der Waals surface area contributed by atoms with Crippen LogP contribution in [0.5, 0.6) is 0 Å². The van der Waals surface area contributed by atoms with E-state index in [9.17, 15) is 4.79 Å². The molecule has 1 aromatic heterocycles. The van der Waals surface area contributed by atoms with Gasteiger partial charge >= 0.3 is 5.69 Å². The number of hydrazine groups is 1. The van der Waals surface area contributed by atoms with Crippen LogP contribution in [-0.2, 0) is 6.54 Å². The van der Waals surface area contributed by atoms with Gasteiger partial charge in [0, 0.05) is 5.02 Å². The van der Waals surface area contributed by atoms with Crippen molar-refractivity contribution < 1.29 is 0 Å². The first-order chi connectivity index (χ1) is 11.1. The molecule has 3 aromatic rings. The second-order valence-corrected chi connectivity index (χ2v) is 5.34. The zero-order valence-corrected chi connectivity index (χ0v) is 12.9. The van der Waals surface area contributed by atoms with Gasteiger partial charge in [-0.1, -0.05) is 41.9 Å². The van der Waals surface area contributed by atoms with Gasteiger partial charge in [-0.2, -0.15) is 4.98 Å². The molecule has 0 amide bonds. The summed E-state index contributed by atoms with van der Waals surface area (Å²) in [6.07, 6.45) is 1.40. The van der Waals surface area contributed by atoms with Gasteiger partial charge in [0.05, 0.1) is 12.2 Å². The SMILES string of the molecule is NN(Cc1ccccc1)c1ncn(-c2ccc(Cl)cc2)c(=O)n1. The van der Waals surface area contributed by atoms with Crippen molar-refractivity contribution in [1.29, 1.82) is 0 Å². The molecular weight excluding hydrogens is 314 g/mol. The van der Waals surface area contributed by atoms with Crippen molar-refractivity contribution >= 4 is 17.5 Å². The number of aromatic nitrogens is 3. The number of hydrogen-bond acceptors (Lipinski definition) is 5. The van der Waals surface area contributed by atoms with Crippen LogP contribution in [0.25, 0.3) is 5.69 Å². The van der Waals surface area contributed by atoms with Crippen molar-refractivity contribution in [2.24, 2.45) is 5.84 Å². The minimum atomic E-state index is -0.458. The Labute approximate surface area is 137 Å². The average molecular weight is 328 g/mol. The Balaban J connectivity index is 1.84. The molecular formula is C16H14ClN5O. The standard InChI is InChI=1S/C16H14ClN5O/c17-13-6-8-14(9-7-13)21-11-19-15(20-16(21)23)22(18)10-12-4-2-1-3-5-12/h1-9,11H,10,18H2. The van der Waals surface area contributed by atoms with Gasteiger partial charge in [0.2, 0.25) is 5.95 Å². The second kappa shape index (κ2) is 6.60. The van der Waals surface area contributed by atoms with Crippen LogP contribution in [-0.4, -0.2) is 14.5 Å². The number of anilines is 1. The van der Waals surface area contributed by atoms with Gasteiger partial charge in [-0.05, 0) is 29.8 Å². The molecule has 0 fully saturated rings. The van der Waals surface area contributed by atoms with Crippen molar-refractivity contribution in [3.8, 4) is 5.69 Å². The molecule has 2 N–H and O–H groups in total. The van der Waals surface area contributed by atoms with Gasteiger partial charge in [0.25, 0.3) is 0 Å². The van der Waals surface area contributed by atoms with Crippen LogP contribution < -0.4 is 16.5 Å². The van der Waals surface area contributed by atoms with Crippen LogP contribution in [0.3, 0.4) is 0 Å². The van der Waals surface area contributed by atoms with E-state index in [0.717, 1.165) is 5.56 Å². The third-order valence-electron chi connectivity index (χ3n) is 3.25. The number of benzene rings is 2. The van der Waals surface area contributed by atoms with E-state index in [4.69, 9.17) is 17.4 Å². The fourth-order valence-corrected chi connectivity index (χ4v) is 2.22. The van der Waals surface area contributed by atoms with E-state index < -0.39 is 5.69 Å². The largest absolute Gasteiger partial charge is 0.356 e. The quantitative estimate of drug-likeness (QED) is 0.587. The molecule has 0 saturated carbocycles. The molecule has 3 rings (SSSR count). The lowest BCUT2D eigenvalue weighted by molar-refractivity contribution is 0.764. The Hall–Kier alpha value is -2.70. The van der Waals surface area contributed by atoms with Gasteiger partial charge in [-0.25, -0.2) is 15.6 Å². The summed E-state index contributed by atoms with van der Waals surface area (Å²) in [4.78, 5) is 20.3. The summed E-state index contributed by atoms with van der Waals surface area (Å²) < 4.78 is 1.33. The molecule has 7 heteroatoms. The minimum Gasteiger partial charge on any atom is -0.274 e. The van der Waals surface area contributed by atoms with Gasteiger partial charge in [-0.15, -0.1) is 0 Å². The average Bonchev–Trinajstić information content (AvgIpc) is 2.57. The summed E-state index contributed by atoms with van der Waals surface area (Å²) in [5, 5.41) is 1.93. The normalized spacial score (nSPS) is 10.5. The van der Waals surface area contributed by atoms with E-state index in [-0.39, 0.29) is 5.95 Å². The third kappa shape index (κ3) is 3.56. The predicted octanol–water partition coefficient (Wildman–Crippen LogP) is 2.16. The first kappa shape index (κ1) is 15.2. The van der Waals surface area contributed by atoms with Crippen molar-refractivity contribution in [1.82, 2.24) is 14.5 Å². The van der Waals surface area contributed by atoms with E-state index in [0.29, 0.717) is 17.3 Å². The van der Waals surface area contributed by atoms with Gasteiger partial charge < -0.3 is 0 Å². The Morgan fingerprint density at radius 1 is 1.09 bits per heavy atom. The lowest BCUT2D eigenvalue weighted by Gasteiger charge is -2.16. The smallest absolute Gasteiger partial charge is 0.274 e. The summed E-state index contributed by atoms with van der Waals surface area (Å²) in [6.45, 7) is 0.408. The molecule has 0 aliphatic carbocycles. The van der Waals surface area contributed by atoms with Crippen LogP contribution in [0.4, 0.5) is 5.95 Å². The molecule has 0 saturated heterocycles. The molecule has 0 unspecified atom stereocenters. The molecule has 0 spiro atoms. The maximum atomic E-state index is 12.2. The number of hydrogen-bond donors (Lipinski definition) is 1. The van der Waals surface area contributed by atoms with Crippen molar-refractivity contribution in [3.63, 3.8) is 0 Å². The van der Waals surface area contributed by atoms with E-state index in [1.807, 2.05) is 30.3 Å². The Morgan fingerprint density at radius 2 is 1.78 bits per heavy atom. The zero-order chi connectivity index (χ0) is 16.2. The zero-order valence-electron chi connectivity index (χ0n) is 12.1. The number of halogens is 1. The second-order valence-electron chi connectivity index (χ2n) is 4.90. The lowest BCUT2D eigenvalue weighted by atomic mass is 10.2. The molecule has 6 nitrogen and oxygen atoms in total. The van der Waals surface area contributed by atoms with E-state index in [1.165, 1.54) is 15.9 Å². The molecule has 0 aliphatic rings. The van der Waals surface area contributed by atoms with E-state index in [1.54, 1.807) is 24.3 Å². The van der Waals surface area contributed by atoms with Crippen LogP contribution in [0, 0.1) is 0 Å². The number of nitrogens with zero attached hydrogens (tertiary/aromatic N) is 4. The predicted molar refractivity (Wildman–Crippen MR) is 89.5 cm³/mol. The fourth-order valence-electron chi connectivity index (χ4n) is 2.10. The topological polar surface area (TPSA) is 77.0 Å². The molecule has 0 bridgehead atoms. The van der Waals surface area contributed by atoms with Crippen molar-refractivity contribution in [3.05, 3.63) is 82.0 Å². The van der Waals surface area contributed by atoms with Crippen LogP contribution in [0.2, 0.25) is 5.02 Å². The molecule has 0 aliphatic heterocycles. The molecule has 23 heavy (non-hydrogen) atoms. The van der Waals surface area contributed by atoms with Gasteiger partial charge in [-0.3, -0.25) is 9.58 Å². The highest BCUT2D eigenvalue weighted by atomic mass is 35.5. The van der Waals surface area contributed by atoms with Crippen LogP contribution >= 0.6 is 11.6 Å². The molecule has 1 heterocycles. The Morgan fingerprint density at radius 3 is 2.43 bits per heavy atom. The maximum Gasteiger partial charge on any atom is 0.356 e. The molecule has 0 radical (unpaired) electrons. The molecule has 0 atom stereocenters. The van der Waals surface area contributed by atoms with Crippen molar-refractivity contribution in [2.75, 3.05) is 5.01 Å². The monoisotopic (exact) mass is 327 g/mol. The first-order valence-electron chi connectivity index (χ1n) is 6.91. The van der Waals surface area contributed by atoms with Crippen LogP contribution in [0.1, 0.15) is 5.56 Å². The van der Waals surface area contributed by atoms with Gasteiger partial charge in [0.1, 0.15) is 6.33 Å². The maximum absolute atomic E-state index is 12.2. The Kier molecular flexibility index (Phi) is 4.36. The number of nitrogens with two attached hydrogens (primary N) is 1. The van der Waals surface area contributed by atoms with E-state index in [2.05, 4.69) is 9.97 Å². The fraction of sp³-hybridized carbons (Fsp3) is 0.0625. The highest BCUT2D eigenvalue weighted by Crippen LogP contribution is 2.12. The van der Waals surface area contributed by atoms with Crippen molar-refractivity contribution in [2.45, 2.75) is 6.54 Å². The number of rotatable bonds is 4. The van der Waals surface area contributed by atoms with Crippen LogP contribution in [0.15, 0.2) is 65.7 Å². The molecule has 116 valence electrons.